The highest BCUT2D eigenvalue weighted by molar-refractivity contribution is 7.13. The molecule has 4 aromatic heterocycles. The number of hydrogen-bond donors (Lipinski definition) is 0. The molecule has 0 aliphatic carbocycles. The number of aryl methyl sites for hydroxylation is 4. The Morgan fingerprint density at radius 3 is 2.70 bits per heavy atom. The summed E-state index contributed by atoms with van der Waals surface area (Å²) in [6.07, 6.45) is 7.13. The molecule has 0 bridgehead atoms. The topological polar surface area (TPSA) is 48.0 Å². The van der Waals surface area contributed by atoms with Gasteiger partial charge in [-0.3, -0.25) is 4.40 Å². The molecular weight excluding hydrogens is 354 g/mol. The smallest absolute Gasteiger partial charge is 0.234 e. The summed E-state index contributed by atoms with van der Waals surface area (Å²) in [5, 5.41) is 2.10. The fraction of sp³-hybridized carbons (Fsp3) is 0.381. The Balaban J connectivity index is 1.61. The fourth-order valence-electron chi connectivity index (χ4n) is 3.42. The number of nitrogens with zero attached hydrogens (tertiary/aromatic N) is 5. The van der Waals surface area contributed by atoms with Crippen molar-refractivity contribution >= 4 is 17.1 Å². The van der Waals surface area contributed by atoms with E-state index in [2.05, 4.69) is 70.7 Å². The molecule has 6 heteroatoms. The minimum Gasteiger partial charge on any atom is -0.331 e. The lowest BCUT2D eigenvalue weighted by molar-refractivity contribution is 0.507. The molecule has 5 nitrogen and oxygen atoms in total. The Kier molecular flexibility index (Phi) is 4.83. The molecule has 4 heterocycles. The van der Waals surface area contributed by atoms with Gasteiger partial charge in [-0.1, -0.05) is 13.0 Å². The van der Waals surface area contributed by atoms with E-state index in [1.54, 1.807) is 11.3 Å². The lowest BCUT2D eigenvalue weighted by Crippen LogP contribution is -2.08. The van der Waals surface area contributed by atoms with Crippen molar-refractivity contribution in [2.75, 3.05) is 0 Å². The summed E-state index contributed by atoms with van der Waals surface area (Å²) >= 11 is 1.74. The van der Waals surface area contributed by atoms with Crippen molar-refractivity contribution in [3.8, 4) is 10.6 Å². The molecule has 1 unspecified atom stereocenters. The van der Waals surface area contributed by atoms with E-state index in [4.69, 9.17) is 9.97 Å². The first-order valence-electron chi connectivity index (χ1n) is 9.49. The summed E-state index contributed by atoms with van der Waals surface area (Å²) in [5.74, 6) is 1.91. The fourth-order valence-corrected chi connectivity index (χ4v) is 4.10. The van der Waals surface area contributed by atoms with Crippen molar-refractivity contribution in [3.05, 3.63) is 58.9 Å². The van der Waals surface area contributed by atoms with Crippen LogP contribution in [-0.4, -0.2) is 23.9 Å². The number of imidazole rings is 2. The Morgan fingerprint density at radius 1 is 1.11 bits per heavy atom. The second-order valence-corrected chi connectivity index (χ2v) is 8.07. The molecule has 0 aliphatic heterocycles. The van der Waals surface area contributed by atoms with Crippen molar-refractivity contribution in [3.63, 3.8) is 0 Å². The first kappa shape index (κ1) is 17.9. The van der Waals surface area contributed by atoms with Crippen LogP contribution in [0.5, 0.6) is 0 Å². The van der Waals surface area contributed by atoms with Crippen molar-refractivity contribution in [1.82, 2.24) is 23.9 Å². The quantitative estimate of drug-likeness (QED) is 0.472. The van der Waals surface area contributed by atoms with E-state index in [1.165, 1.54) is 4.88 Å². The van der Waals surface area contributed by atoms with Gasteiger partial charge in [0, 0.05) is 36.2 Å². The van der Waals surface area contributed by atoms with Crippen LogP contribution in [0, 0.1) is 13.8 Å². The van der Waals surface area contributed by atoms with Crippen molar-refractivity contribution in [2.24, 2.45) is 0 Å². The molecule has 140 valence electrons. The lowest BCUT2D eigenvalue weighted by atomic mass is 10.2. The van der Waals surface area contributed by atoms with Crippen LogP contribution >= 0.6 is 11.3 Å². The Hall–Kier alpha value is -2.47. The highest BCUT2D eigenvalue weighted by Gasteiger charge is 2.15. The van der Waals surface area contributed by atoms with Gasteiger partial charge >= 0.3 is 0 Å². The predicted octanol–water partition coefficient (Wildman–Crippen LogP) is 5.03. The molecule has 0 N–H and O–H groups in total. The molecule has 0 saturated heterocycles. The van der Waals surface area contributed by atoms with Crippen molar-refractivity contribution in [2.45, 2.75) is 53.0 Å². The average molecular weight is 380 g/mol. The maximum absolute atomic E-state index is 4.95. The standard InChI is InChI=1S/C21H25N5S/c1-5-15(3)25-13-18(19-7-6-10-27-19)24-20(25)9-8-17-12-26-16(4)11-14(2)22-21(26)23-17/h6-7,10-13,15H,5,8-9H2,1-4H3. The van der Waals surface area contributed by atoms with Crippen LogP contribution in [0.4, 0.5) is 0 Å². The van der Waals surface area contributed by atoms with E-state index < -0.39 is 0 Å². The van der Waals surface area contributed by atoms with Crippen LogP contribution in [0.15, 0.2) is 36.0 Å². The van der Waals surface area contributed by atoms with Gasteiger partial charge in [-0.25, -0.2) is 15.0 Å². The van der Waals surface area contributed by atoms with Crippen LogP contribution < -0.4 is 0 Å². The van der Waals surface area contributed by atoms with Gasteiger partial charge in [0.05, 0.1) is 16.3 Å². The van der Waals surface area contributed by atoms with Gasteiger partial charge in [-0.05, 0) is 51.1 Å². The number of fused-ring (bicyclic) bond motifs is 1. The van der Waals surface area contributed by atoms with E-state index in [9.17, 15) is 0 Å². The van der Waals surface area contributed by atoms with Crippen LogP contribution in [0.3, 0.4) is 0 Å². The van der Waals surface area contributed by atoms with Gasteiger partial charge in [0.25, 0.3) is 0 Å². The van der Waals surface area contributed by atoms with Crippen LogP contribution in [0.2, 0.25) is 0 Å². The molecule has 0 aromatic carbocycles. The van der Waals surface area contributed by atoms with Crippen molar-refractivity contribution in [1.29, 1.82) is 0 Å². The zero-order valence-corrected chi connectivity index (χ0v) is 17.1. The minimum absolute atomic E-state index is 0.439. The molecular formula is C21H25N5S. The second-order valence-electron chi connectivity index (χ2n) is 7.13. The Bertz CT molecular complexity index is 1060. The number of hydrogen-bond acceptors (Lipinski definition) is 4. The zero-order chi connectivity index (χ0) is 19.0. The molecule has 4 aromatic rings. The van der Waals surface area contributed by atoms with Gasteiger partial charge in [0.2, 0.25) is 5.78 Å². The molecule has 1 atom stereocenters. The highest BCUT2D eigenvalue weighted by Crippen LogP contribution is 2.27. The molecule has 0 radical (unpaired) electrons. The normalized spacial score (nSPS) is 12.7. The number of aromatic nitrogens is 5. The lowest BCUT2D eigenvalue weighted by Gasteiger charge is -2.13. The SMILES string of the molecule is CCC(C)n1cc(-c2cccs2)nc1CCc1cn2c(C)cc(C)nc2n1. The maximum atomic E-state index is 4.95. The summed E-state index contributed by atoms with van der Waals surface area (Å²) in [6, 6.07) is 6.74. The summed E-state index contributed by atoms with van der Waals surface area (Å²) in [7, 11) is 0. The Morgan fingerprint density at radius 2 is 1.96 bits per heavy atom. The molecule has 0 saturated carbocycles. The van der Waals surface area contributed by atoms with Crippen LogP contribution in [0.1, 0.15) is 49.2 Å². The Labute approximate surface area is 163 Å². The third kappa shape index (κ3) is 3.54. The van der Waals surface area contributed by atoms with E-state index >= 15 is 0 Å². The minimum atomic E-state index is 0.439. The molecule has 0 spiro atoms. The van der Waals surface area contributed by atoms with Crippen molar-refractivity contribution < 1.29 is 0 Å². The van der Waals surface area contributed by atoms with Gasteiger partial charge in [0.1, 0.15) is 5.82 Å². The highest BCUT2D eigenvalue weighted by atomic mass is 32.1. The molecule has 0 amide bonds. The summed E-state index contributed by atoms with van der Waals surface area (Å²) in [6.45, 7) is 8.58. The van der Waals surface area contributed by atoms with Gasteiger partial charge in [-0.2, -0.15) is 0 Å². The second kappa shape index (κ2) is 7.27. The molecule has 4 rings (SSSR count). The van der Waals surface area contributed by atoms with E-state index in [1.807, 2.05) is 6.92 Å². The summed E-state index contributed by atoms with van der Waals surface area (Å²) in [5.41, 5.74) is 4.30. The third-order valence-electron chi connectivity index (χ3n) is 5.06. The number of rotatable bonds is 6. The van der Waals surface area contributed by atoms with E-state index in [0.717, 1.165) is 53.6 Å². The number of thiophene rings is 1. The summed E-state index contributed by atoms with van der Waals surface area (Å²) in [4.78, 5) is 15.4. The first-order valence-corrected chi connectivity index (χ1v) is 10.4. The molecule has 0 aliphatic rings. The third-order valence-corrected chi connectivity index (χ3v) is 5.96. The summed E-state index contributed by atoms with van der Waals surface area (Å²) < 4.78 is 4.40. The van der Waals surface area contributed by atoms with Gasteiger partial charge in [0.15, 0.2) is 0 Å². The van der Waals surface area contributed by atoms with Gasteiger partial charge in [-0.15, -0.1) is 11.3 Å². The molecule has 0 fully saturated rings. The van der Waals surface area contributed by atoms with Gasteiger partial charge < -0.3 is 4.57 Å². The molecule has 27 heavy (non-hydrogen) atoms. The van der Waals surface area contributed by atoms with Crippen LogP contribution in [0.25, 0.3) is 16.3 Å². The first-order chi connectivity index (χ1) is 13.0. The monoisotopic (exact) mass is 379 g/mol. The van der Waals surface area contributed by atoms with Crippen LogP contribution in [-0.2, 0) is 12.8 Å². The predicted molar refractivity (Wildman–Crippen MR) is 110 cm³/mol. The zero-order valence-electron chi connectivity index (χ0n) is 16.3. The largest absolute Gasteiger partial charge is 0.331 e. The van der Waals surface area contributed by atoms with E-state index in [-0.39, 0.29) is 0 Å². The van der Waals surface area contributed by atoms with E-state index in [0.29, 0.717) is 6.04 Å². The average Bonchev–Trinajstić information content (AvgIpc) is 3.37. The maximum Gasteiger partial charge on any atom is 0.234 e.